The fourth-order valence-electron chi connectivity index (χ4n) is 7.51. The number of fused-ring (bicyclic) bond motifs is 3. The molecule has 1 spiro atoms. The zero-order chi connectivity index (χ0) is 30.0. The van der Waals surface area contributed by atoms with Gasteiger partial charge in [-0.25, -0.2) is 27.5 Å². The lowest BCUT2D eigenvalue weighted by molar-refractivity contribution is -0.577. The highest BCUT2D eigenvalue weighted by molar-refractivity contribution is 7.92. The van der Waals surface area contributed by atoms with E-state index < -0.39 is 34.0 Å². The van der Waals surface area contributed by atoms with Crippen molar-refractivity contribution in [3.63, 3.8) is 0 Å². The Morgan fingerprint density at radius 2 is 1.79 bits per heavy atom. The Balaban J connectivity index is 1.15. The van der Waals surface area contributed by atoms with Gasteiger partial charge in [0.1, 0.15) is 0 Å². The SMILES string of the molecule is C[C@H]1[C@@H](OCCN(c2cnc3ccccc3n2)S(=O)(=O)c2ccc(N)cc2)O[C@@H]2O[C@@]3(C)CCC4[C@H](C)CC[C@@H]1[C@]42OO3. The molecule has 43 heavy (non-hydrogen) atoms. The highest BCUT2D eigenvalue weighted by Crippen LogP contribution is 2.60. The molecule has 1 unspecified atom stereocenters. The maximum atomic E-state index is 13.9. The maximum absolute atomic E-state index is 13.9. The van der Waals surface area contributed by atoms with E-state index in [-0.39, 0.29) is 41.6 Å². The van der Waals surface area contributed by atoms with Crippen molar-refractivity contribution in [2.45, 2.75) is 75.3 Å². The quantitative estimate of drug-likeness (QED) is 0.298. The van der Waals surface area contributed by atoms with Gasteiger partial charge in [-0.3, -0.25) is 4.98 Å². The van der Waals surface area contributed by atoms with Gasteiger partial charge in [-0.15, -0.1) is 0 Å². The topological polar surface area (TPSA) is 135 Å². The number of hydrogen-bond acceptors (Lipinski definition) is 10. The van der Waals surface area contributed by atoms with Gasteiger partial charge in [0, 0.05) is 23.9 Å². The predicted molar refractivity (Wildman–Crippen MR) is 158 cm³/mol. The van der Waals surface area contributed by atoms with Crippen LogP contribution in [0.4, 0.5) is 11.5 Å². The third-order valence-corrected chi connectivity index (χ3v) is 11.7. The van der Waals surface area contributed by atoms with Crippen LogP contribution < -0.4 is 10.0 Å². The van der Waals surface area contributed by atoms with Crippen LogP contribution in [0, 0.1) is 23.7 Å². The Bertz CT molecular complexity index is 1610. The molecule has 5 aliphatic rings. The summed E-state index contributed by atoms with van der Waals surface area (Å²) in [5.74, 6) is 0.0690. The number of aromatic nitrogens is 2. The molecule has 0 radical (unpaired) electrons. The van der Waals surface area contributed by atoms with E-state index in [1.165, 1.54) is 22.6 Å². The summed E-state index contributed by atoms with van der Waals surface area (Å²) in [4.78, 5) is 21.3. The number of benzene rings is 2. The molecule has 1 saturated carbocycles. The van der Waals surface area contributed by atoms with Crippen LogP contribution in [-0.4, -0.2) is 55.5 Å². The number of nitrogen functional groups attached to an aromatic ring is 1. The van der Waals surface area contributed by atoms with Crippen LogP contribution >= 0.6 is 0 Å². The first kappa shape index (κ1) is 28.9. The van der Waals surface area contributed by atoms with Gasteiger partial charge in [0.25, 0.3) is 10.0 Å². The van der Waals surface area contributed by atoms with Crippen LogP contribution in [0.15, 0.2) is 59.6 Å². The summed E-state index contributed by atoms with van der Waals surface area (Å²) in [5.41, 5.74) is 6.86. The second-order valence-corrected chi connectivity index (χ2v) is 14.4. The van der Waals surface area contributed by atoms with Gasteiger partial charge >= 0.3 is 0 Å². The molecule has 8 rings (SSSR count). The highest BCUT2D eigenvalue weighted by Gasteiger charge is 2.69. The van der Waals surface area contributed by atoms with Gasteiger partial charge in [-0.2, -0.15) is 0 Å². The summed E-state index contributed by atoms with van der Waals surface area (Å²) >= 11 is 0. The van der Waals surface area contributed by atoms with E-state index in [4.69, 9.17) is 29.7 Å². The van der Waals surface area contributed by atoms with E-state index in [0.717, 1.165) is 25.7 Å². The second kappa shape index (κ2) is 10.6. The number of ether oxygens (including phenoxy) is 3. The van der Waals surface area contributed by atoms with Crippen LogP contribution in [0.5, 0.6) is 0 Å². The largest absolute Gasteiger partial charge is 0.399 e. The average molecular weight is 611 g/mol. The smallest absolute Gasteiger partial charge is 0.265 e. The minimum Gasteiger partial charge on any atom is -0.399 e. The van der Waals surface area contributed by atoms with Crippen LogP contribution in [0.1, 0.15) is 46.5 Å². The molecule has 230 valence electrons. The van der Waals surface area contributed by atoms with Gasteiger partial charge < -0.3 is 19.9 Å². The molecule has 5 fully saturated rings. The second-order valence-electron chi connectivity index (χ2n) is 12.5. The number of hydrogen-bond donors (Lipinski definition) is 1. The molecule has 11 nitrogen and oxygen atoms in total. The standard InChI is InChI=1S/C31H38N4O7S/c1-19-8-13-24-20(2)28(39-29-31(24)23(19)14-15-30(3,40-29)41-42-31)38-17-16-35(43(36,37)22-11-9-21(32)10-12-22)27-18-33-25-6-4-5-7-26(25)34-27/h4-7,9-12,18-20,23-24,28-29H,8,13-17,32H2,1-3H3/t19-,20-,23?,24+,28+,29-,30-,31-/m1/s1. The van der Waals surface area contributed by atoms with Crippen LogP contribution in [-0.2, 0) is 34.0 Å². The summed E-state index contributed by atoms with van der Waals surface area (Å²) in [5, 5.41) is 0. The third kappa shape index (κ3) is 4.79. The third-order valence-electron chi connectivity index (χ3n) is 9.83. The fourth-order valence-corrected chi connectivity index (χ4v) is 8.89. The zero-order valence-electron chi connectivity index (χ0n) is 24.6. The Morgan fingerprint density at radius 3 is 2.58 bits per heavy atom. The number of para-hydroxylation sites is 2. The number of sulfonamides is 1. The van der Waals surface area contributed by atoms with E-state index in [1.54, 1.807) is 18.2 Å². The highest BCUT2D eigenvalue weighted by atomic mass is 32.2. The first-order chi connectivity index (χ1) is 20.6. The van der Waals surface area contributed by atoms with Crippen molar-refractivity contribution in [3.8, 4) is 0 Å². The Morgan fingerprint density at radius 1 is 1.02 bits per heavy atom. The molecule has 2 aromatic carbocycles. The van der Waals surface area contributed by atoms with Crippen molar-refractivity contribution in [2.24, 2.45) is 23.7 Å². The molecule has 12 heteroatoms. The first-order valence-electron chi connectivity index (χ1n) is 15.0. The molecule has 4 saturated heterocycles. The first-order valence-corrected chi connectivity index (χ1v) is 16.5. The molecule has 8 atom stereocenters. The average Bonchev–Trinajstić information content (AvgIpc) is 3.23. The van der Waals surface area contributed by atoms with Gasteiger partial charge in [-0.1, -0.05) is 26.0 Å². The molecule has 5 heterocycles. The predicted octanol–water partition coefficient (Wildman–Crippen LogP) is 4.63. The van der Waals surface area contributed by atoms with Crippen molar-refractivity contribution in [3.05, 3.63) is 54.7 Å². The van der Waals surface area contributed by atoms with Crippen molar-refractivity contribution >= 4 is 32.6 Å². The molecule has 4 aliphatic heterocycles. The summed E-state index contributed by atoms with van der Waals surface area (Å²) in [6, 6.07) is 13.4. The summed E-state index contributed by atoms with van der Waals surface area (Å²) < 4.78 is 48.4. The van der Waals surface area contributed by atoms with Gasteiger partial charge in [0.2, 0.25) is 5.79 Å². The lowest BCUT2D eigenvalue weighted by Crippen LogP contribution is -2.70. The Hall–Kier alpha value is -2.87. The molecular formula is C31H38N4O7S. The van der Waals surface area contributed by atoms with E-state index in [2.05, 4.69) is 23.8 Å². The van der Waals surface area contributed by atoms with Crippen LogP contribution in [0.25, 0.3) is 11.0 Å². The minimum atomic E-state index is -4.02. The summed E-state index contributed by atoms with van der Waals surface area (Å²) in [6.07, 6.45) is 3.89. The number of nitrogens with two attached hydrogens (primary N) is 1. The van der Waals surface area contributed by atoms with E-state index in [1.807, 2.05) is 25.1 Å². The van der Waals surface area contributed by atoms with Crippen LogP contribution in [0.3, 0.4) is 0 Å². The van der Waals surface area contributed by atoms with E-state index in [9.17, 15) is 8.42 Å². The maximum Gasteiger partial charge on any atom is 0.265 e. The van der Waals surface area contributed by atoms with Crippen molar-refractivity contribution < 1.29 is 32.4 Å². The number of rotatable bonds is 7. The molecule has 3 aromatic rings. The lowest BCUT2D eigenvalue weighted by Gasteiger charge is -2.60. The Kier molecular flexibility index (Phi) is 7.14. The van der Waals surface area contributed by atoms with E-state index >= 15 is 0 Å². The normalized spacial score (nSPS) is 35.3. The lowest BCUT2D eigenvalue weighted by atomic mass is 9.58. The van der Waals surface area contributed by atoms with Crippen molar-refractivity contribution in [2.75, 3.05) is 23.2 Å². The molecule has 1 aromatic heterocycles. The van der Waals surface area contributed by atoms with Crippen molar-refractivity contribution in [1.29, 1.82) is 0 Å². The Labute approximate surface area is 251 Å². The van der Waals surface area contributed by atoms with E-state index in [0.29, 0.717) is 22.6 Å². The summed E-state index contributed by atoms with van der Waals surface area (Å²) in [7, 11) is -4.02. The minimum absolute atomic E-state index is 0.00930. The van der Waals surface area contributed by atoms with Gasteiger partial charge in [-0.05, 0) is 74.4 Å². The molecule has 2 bridgehead atoms. The van der Waals surface area contributed by atoms with Crippen LogP contribution in [0.2, 0.25) is 0 Å². The van der Waals surface area contributed by atoms with Crippen molar-refractivity contribution in [1.82, 2.24) is 9.97 Å². The molecule has 2 N–H and O–H groups in total. The summed E-state index contributed by atoms with van der Waals surface area (Å²) in [6.45, 7) is 6.31. The fraction of sp³-hybridized carbons (Fsp3) is 0.548. The molecule has 1 aliphatic carbocycles. The molecule has 0 amide bonds. The van der Waals surface area contributed by atoms with Gasteiger partial charge in [0.05, 0.1) is 35.3 Å². The number of anilines is 2. The zero-order valence-corrected chi connectivity index (χ0v) is 25.4. The number of nitrogens with zero attached hydrogens (tertiary/aromatic N) is 3. The monoisotopic (exact) mass is 610 g/mol. The van der Waals surface area contributed by atoms with Gasteiger partial charge in [0.15, 0.2) is 24.0 Å². The molecular weight excluding hydrogens is 572 g/mol.